The van der Waals surface area contributed by atoms with Crippen LogP contribution in [-0.4, -0.2) is 22.4 Å². The third kappa shape index (κ3) is 2.50. The zero-order valence-electron chi connectivity index (χ0n) is 6.89. The predicted octanol–water partition coefficient (Wildman–Crippen LogP) is 0.942. The lowest BCUT2D eigenvalue weighted by atomic mass is 9.87. The first-order valence-corrected chi connectivity index (χ1v) is 3.38. The molecule has 2 nitrogen and oxygen atoms in total. The van der Waals surface area contributed by atoms with Gasteiger partial charge in [-0.15, -0.1) is 0 Å². The van der Waals surface area contributed by atoms with Gasteiger partial charge in [0.05, 0.1) is 12.2 Å². The van der Waals surface area contributed by atoms with Gasteiger partial charge in [0.2, 0.25) is 0 Å². The van der Waals surface area contributed by atoms with Crippen molar-refractivity contribution in [2.24, 2.45) is 5.92 Å². The fourth-order valence-corrected chi connectivity index (χ4v) is 0.982. The third-order valence-corrected chi connectivity index (χ3v) is 1.63. The fourth-order valence-electron chi connectivity index (χ4n) is 0.982. The summed E-state index contributed by atoms with van der Waals surface area (Å²) < 4.78 is 0. The van der Waals surface area contributed by atoms with E-state index in [9.17, 15) is 5.11 Å². The summed E-state index contributed by atoms with van der Waals surface area (Å²) in [6.07, 6.45) is 0. The van der Waals surface area contributed by atoms with Crippen molar-refractivity contribution in [2.45, 2.75) is 26.4 Å². The van der Waals surface area contributed by atoms with Crippen LogP contribution in [0.3, 0.4) is 0 Å². The van der Waals surface area contributed by atoms with E-state index in [4.69, 9.17) is 5.11 Å². The lowest BCUT2D eigenvalue weighted by Crippen LogP contribution is -2.33. The maximum Gasteiger partial charge on any atom is 0.0678 e. The van der Waals surface area contributed by atoms with Crippen LogP contribution in [0.4, 0.5) is 0 Å². The van der Waals surface area contributed by atoms with E-state index in [1.807, 2.05) is 0 Å². The second kappa shape index (κ2) is 3.17. The van der Waals surface area contributed by atoms with Gasteiger partial charge in [0, 0.05) is 5.92 Å². The minimum Gasteiger partial charge on any atom is -0.396 e. The average molecular weight is 144 g/mol. The molecule has 0 aliphatic rings. The molecule has 0 aromatic rings. The van der Waals surface area contributed by atoms with Crippen molar-refractivity contribution < 1.29 is 10.2 Å². The SMILES string of the molecule is C=C(C)C(CO)C(C)(C)O. The van der Waals surface area contributed by atoms with E-state index in [1.54, 1.807) is 20.8 Å². The van der Waals surface area contributed by atoms with Crippen LogP contribution < -0.4 is 0 Å². The highest BCUT2D eigenvalue weighted by Crippen LogP contribution is 2.21. The van der Waals surface area contributed by atoms with Gasteiger partial charge in [-0.25, -0.2) is 0 Å². The molecule has 0 amide bonds. The molecule has 1 unspecified atom stereocenters. The molecule has 0 aromatic heterocycles. The van der Waals surface area contributed by atoms with Crippen molar-refractivity contribution in [3.05, 3.63) is 12.2 Å². The second-order valence-electron chi connectivity index (χ2n) is 3.24. The lowest BCUT2D eigenvalue weighted by Gasteiger charge is -2.27. The van der Waals surface area contributed by atoms with Gasteiger partial charge in [-0.3, -0.25) is 0 Å². The van der Waals surface area contributed by atoms with Gasteiger partial charge in [0.25, 0.3) is 0 Å². The van der Waals surface area contributed by atoms with Gasteiger partial charge in [-0.05, 0) is 20.8 Å². The van der Waals surface area contributed by atoms with Crippen molar-refractivity contribution in [1.82, 2.24) is 0 Å². The molecular formula is C8H16O2. The monoisotopic (exact) mass is 144 g/mol. The van der Waals surface area contributed by atoms with E-state index in [0.717, 1.165) is 5.57 Å². The van der Waals surface area contributed by atoms with Gasteiger partial charge in [-0.1, -0.05) is 12.2 Å². The summed E-state index contributed by atoms with van der Waals surface area (Å²) in [6, 6.07) is 0. The number of rotatable bonds is 3. The largest absolute Gasteiger partial charge is 0.396 e. The van der Waals surface area contributed by atoms with Crippen molar-refractivity contribution in [3.8, 4) is 0 Å². The first-order valence-electron chi connectivity index (χ1n) is 3.38. The van der Waals surface area contributed by atoms with Crippen LogP contribution in [0.15, 0.2) is 12.2 Å². The number of aliphatic hydroxyl groups excluding tert-OH is 1. The predicted molar refractivity (Wildman–Crippen MR) is 41.7 cm³/mol. The molecule has 2 N–H and O–H groups in total. The van der Waals surface area contributed by atoms with Crippen molar-refractivity contribution in [3.63, 3.8) is 0 Å². The molecule has 0 saturated heterocycles. The van der Waals surface area contributed by atoms with Crippen LogP contribution in [0.25, 0.3) is 0 Å². The maximum atomic E-state index is 9.43. The Morgan fingerprint density at radius 2 is 2.00 bits per heavy atom. The minimum absolute atomic E-state index is 0.0428. The first kappa shape index (κ1) is 9.66. The minimum atomic E-state index is -0.861. The van der Waals surface area contributed by atoms with Gasteiger partial charge in [0.1, 0.15) is 0 Å². The maximum absolute atomic E-state index is 9.43. The zero-order valence-corrected chi connectivity index (χ0v) is 6.89. The molecule has 2 heteroatoms. The summed E-state index contributed by atoms with van der Waals surface area (Å²) >= 11 is 0. The van der Waals surface area contributed by atoms with E-state index in [0.29, 0.717) is 0 Å². The highest BCUT2D eigenvalue weighted by Gasteiger charge is 2.26. The average Bonchev–Trinajstić information content (AvgIpc) is 1.60. The molecule has 0 radical (unpaired) electrons. The first-order chi connectivity index (χ1) is 4.39. The summed E-state index contributed by atoms with van der Waals surface area (Å²) in [5.41, 5.74) is -0.0457. The molecule has 0 heterocycles. The topological polar surface area (TPSA) is 40.5 Å². The Morgan fingerprint density at radius 1 is 1.60 bits per heavy atom. The van der Waals surface area contributed by atoms with E-state index in [-0.39, 0.29) is 12.5 Å². The second-order valence-corrected chi connectivity index (χ2v) is 3.24. The fraction of sp³-hybridized carbons (Fsp3) is 0.750. The molecule has 0 aliphatic heterocycles. The van der Waals surface area contributed by atoms with Crippen molar-refractivity contribution in [1.29, 1.82) is 0 Å². The molecule has 0 spiro atoms. The molecule has 0 aliphatic carbocycles. The van der Waals surface area contributed by atoms with Crippen LogP contribution in [0.5, 0.6) is 0 Å². The Bertz CT molecular complexity index is 122. The van der Waals surface area contributed by atoms with Crippen LogP contribution in [0.2, 0.25) is 0 Å². The molecular weight excluding hydrogens is 128 g/mol. The summed E-state index contributed by atoms with van der Waals surface area (Å²) in [6.45, 7) is 8.77. The Hall–Kier alpha value is -0.340. The summed E-state index contributed by atoms with van der Waals surface area (Å²) in [4.78, 5) is 0. The Kier molecular flexibility index (Phi) is 3.06. The smallest absolute Gasteiger partial charge is 0.0678 e. The number of hydrogen-bond donors (Lipinski definition) is 2. The molecule has 0 aromatic carbocycles. The standard InChI is InChI=1S/C8H16O2/c1-6(2)7(5-9)8(3,4)10/h7,9-10H,1,5H2,2-4H3. The van der Waals surface area contributed by atoms with E-state index >= 15 is 0 Å². The lowest BCUT2D eigenvalue weighted by molar-refractivity contribution is 0.00850. The summed E-state index contributed by atoms with van der Waals surface area (Å²) in [7, 11) is 0. The Morgan fingerprint density at radius 3 is 2.00 bits per heavy atom. The number of aliphatic hydroxyl groups is 2. The number of hydrogen-bond acceptors (Lipinski definition) is 2. The summed E-state index contributed by atoms with van der Waals surface area (Å²) in [5, 5.41) is 18.2. The van der Waals surface area contributed by atoms with Crippen LogP contribution in [0.1, 0.15) is 20.8 Å². The molecule has 0 fully saturated rings. The molecule has 10 heavy (non-hydrogen) atoms. The molecule has 0 bridgehead atoms. The summed E-state index contributed by atoms with van der Waals surface area (Å²) in [5.74, 6) is -0.215. The highest BCUT2D eigenvalue weighted by atomic mass is 16.3. The Balaban J connectivity index is 4.22. The van der Waals surface area contributed by atoms with Crippen LogP contribution in [-0.2, 0) is 0 Å². The van der Waals surface area contributed by atoms with Gasteiger partial charge in [-0.2, -0.15) is 0 Å². The van der Waals surface area contributed by atoms with Crippen LogP contribution in [0, 0.1) is 5.92 Å². The molecule has 1 atom stereocenters. The van der Waals surface area contributed by atoms with E-state index < -0.39 is 5.60 Å². The quantitative estimate of drug-likeness (QED) is 0.579. The molecule has 60 valence electrons. The Labute approximate surface area is 62.2 Å². The van der Waals surface area contributed by atoms with E-state index in [1.165, 1.54) is 0 Å². The van der Waals surface area contributed by atoms with Crippen molar-refractivity contribution >= 4 is 0 Å². The molecule has 0 saturated carbocycles. The van der Waals surface area contributed by atoms with Crippen LogP contribution >= 0.6 is 0 Å². The normalized spacial score (nSPS) is 14.9. The van der Waals surface area contributed by atoms with Gasteiger partial charge < -0.3 is 10.2 Å². The van der Waals surface area contributed by atoms with Gasteiger partial charge >= 0.3 is 0 Å². The zero-order chi connectivity index (χ0) is 8.36. The third-order valence-electron chi connectivity index (χ3n) is 1.63. The van der Waals surface area contributed by atoms with Crippen molar-refractivity contribution in [2.75, 3.05) is 6.61 Å². The molecule has 0 rings (SSSR count). The van der Waals surface area contributed by atoms with E-state index in [2.05, 4.69) is 6.58 Å². The highest BCUT2D eigenvalue weighted by molar-refractivity contribution is 5.02. The van der Waals surface area contributed by atoms with Gasteiger partial charge in [0.15, 0.2) is 0 Å².